The highest BCUT2D eigenvalue weighted by Crippen LogP contribution is 2.28. The molecule has 0 radical (unpaired) electrons. The van der Waals surface area contributed by atoms with Crippen molar-refractivity contribution in [3.05, 3.63) is 66.7 Å². The van der Waals surface area contributed by atoms with Crippen molar-refractivity contribution in [3.63, 3.8) is 0 Å². The van der Waals surface area contributed by atoms with Crippen LogP contribution in [0.15, 0.2) is 71.6 Å². The maximum atomic E-state index is 12.7. The molecule has 1 saturated heterocycles. The Morgan fingerprint density at radius 1 is 1.00 bits per heavy atom. The number of carbonyl (C=O) groups is 1. The molecule has 2 heterocycles. The molecule has 2 N–H and O–H groups in total. The van der Waals surface area contributed by atoms with E-state index in [0.29, 0.717) is 37.7 Å². The van der Waals surface area contributed by atoms with Crippen LogP contribution >= 0.6 is 0 Å². The lowest BCUT2D eigenvalue weighted by atomic mass is 10.1. The Bertz CT molecular complexity index is 1440. The van der Waals surface area contributed by atoms with Gasteiger partial charge in [0, 0.05) is 41.1 Å². The molecule has 0 unspecified atom stereocenters. The number of nitrogens with one attached hydrogen (secondary N) is 2. The number of nitrogens with zero attached hydrogens (tertiary/aromatic N) is 1. The Labute approximate surface area is 197 Å². The van der Waals surface area contributed by atoms with Crippen molar-refractivity contribution >= 4 is 43.4 Å². The summed E-state index contributed by atoms with van der Waals surface area (Å²) in [4.78, 5) is 16.2. The minimum atomic E-state index is -3.58. The van der Waals surface area contributed by atoms with E-state index in [1.54, 1.807) is 19.1 Å². The number of H-pyrrole nitrogens is 1. The molecule has 5 rings (SSSR count). The molecule has 1 aliphatic heterocycles. The molecule has 176 valence electrons. The number of para-hydroxylation sites is 1. The Kier molecular flexibility index (Phi) is 5.99. The minimum Gasteiger partial charge on any atom is -0.481 e. The SMILES string of the molecule is C[C@H](Oc1ccc2c(c1)[nH]c1ccccc12)C(=O)Nc1ccc(S(=O)(=O)N2CCOCC2)cc1. The van der Waals surface area contributed by atoms with E-state index in [4.69, 9.17) is 9.47 Å². The van der Waals surface area contributed by atoms with E-state index < -0.39 is 16.1 Å². The van der Waals surface area contributed by atoms with Gasteiger partial charge in [0.15, 0.2) is 6.10 Å². The van der Waals surface area contributed by atoms with Gasteiger partial charge in [-0.05, 0) is 49.4 Å². The molecular formula is C25H25N3O5S. The maximum Gasteiger partial charge on any atom is 0.265 e. The minimum absolute atomic E-state index is 0.184. The third kappa shape index (κ3) is 4.37. The highest BCUT2D eigenvalue weighted by atomic mass is 32.2. The van der Waals surface area contributed by atoms with E-state index in [9.17, 15) is 13.2 Å². The molecule has 8 nitrogen and oxygen atoms in total. The lowest BCUT2D eigenvalue weighted by Crippen LogP contribution is -2.40. The van der Waals surface area contributed by atoms with Crippen LogP contribution < -0.4 is 10.1 Å². The normalized spacial score (nSPS) is 15.9. The topological polar surface area (TPSA) is 101 Å². The summed E-state index contributed by atoms with van der Waals surface area (Å²) < 4.78 is 38.0. The van der Waals surface area contributed by atoms with Crippen molar-refractivity contribution in [1.29, 1.82) is 0 Å². The number of aromatic amines is 1. The first kappa shape index (κ1) is 22.4. The van der Waals surface area contributed by atoms with Gasteiger partial charge in [0.1, 0.15) is 5.75 Å². The molecular weight excluding hydrogens is 454 g/mol. The largest absolute Gasteiger partial charge is 0.481 e. The molecule has 1 amide bonds. The summed E-state index contributed by atoms with van der Waals surface area (Å²) in [7, 11) is -3.58. The van der Waals surface area contributed by atoms with E-state index in [-0.39, 0.29) is 10.8 Å². The zero-order valence-electron chi connectivity index (χ0n) is 18.7. The van der Waals surface area contributed by atoms with Crippen molar-refractivity contribution in [2.45, 2.75) is 17.9 Å². The number of ether oxygens (including phenoxy) is 2. The second-order valence-corrected chi connectivity index (χ2v) is 10.1. The average molecular weight is 480 g/mol. The number of fused-ring (bicyclic) bond motifs is 3. The summed E-state index contributed by atoms with van der Waals surface area (Å²) in [5.74, 6) is 0.245. The van der Waals surface area contributed by atoms with Crippen LogP contribution in [0.2, 0.25) is 0 Å². The van der Waals surface area contributed by atoms with Crippen LogP contribution in [0, 0.1) is 0 Å². The molecule has 0 bridgehead atoms. The Morgan fingerprint density at radius 2 is 1.71 bits per heavy atom. The quantitative estimate of drug-likeness (QED) is 0.439. The number of morpholine rings is 1. The monoisotopic (exact) mass is 479 g/mol. The number of sulfonamides is 1. The second kappa shape index (κ2) is 9.09. The van der Waals surface area contributed by atoms with Gasteiger partial charge >= 0.3 is 0 Å². The molecule has 0 spiro atoms. The van der Waals surface area contributed by atoms with E-state index in [1.807, 2.05) is 36.4 Å². The maximum absolute atomic E-state index is 12.7. The van der Waals surface area contributed by atoms with Gasteiger partial charge in [0.2, 0.25) is 10.0 Å². The van der Waals surface area contributed by atoms with Gasteiger partial charge in [-0.1, -0.05) is 18.2 Å². The number of hydrogen-bond acceptors (Lipinski definition) is 5. The number of benzene rings is 3. The van der Waals surface area contributed by atoms with Crippen molar-refractivity contribution in [2.75, 3.05) is 31.6 Å². The van der Waals surface area contributed by atoms with E-state index >= 15 is 0 Å². The van der Waals surface area contributed by atoms with E-state index in [0.717, 1.165) is 21.8 Å². The van der Waals surface area contributed by atoms with Crippen molar-refractivity contribution in [2.24, 2.45) is 0 Å². The first-order valence-corrected chi connectivity index (χ1v) is 12.5. The fourth-order valence-electron chi connectivity index (χ4n) is 4.05. The molecule has 0 saturated carbocycles. The number of carbonyl (C=O) groups excluding carboxylic acids is 1. The summed E-state index contributed by atoms with van der Waals surface area (Å²) in [6.07, 6.45) is -0.751. The summed E-state index contributed by atoms with van der Waals surface area (Å²) in [6.45, 7) is 3.11. The molecule has 1 fully saturated rings. The molecule has 3 aromatic carbocycles. The van der Waals surface area contributed by atoms with Gasteiger partial charge in [-0.2, -0.15) is 4.31 Å². The molecule has 1 aromatic heterocycles. The van der Waals surface area contributed by atoms with Crippen LogP contribution in [0.3, 0.4) is 0 Å². The fraction of sp³-hybridized carbons (Fsp3) is 0.240. The molecule has 34 heavy (non-hydrogen) atoms. The summed E-state index contributed by atoms with van der Waals surface area (Å²) in [6, 6.07) is 19.9. The first-order chi connectivity index (χ1) is 16.4. The van der Waals surface area contributed by atoms with Gasteiger partial charge in [-0.25, -0.2) is 8.42 Å². The molecule has 4 aromatic rings. The predicted octanol–water partition coefficient (Wildman–Crippen LogP) is 3.75. The summed E-state index contributed by atoms with van der Waals surface area (Å²) in [5, 5.41) is 5.00. The van der Waals surface area contributed by atoms with Crippen LogP contribution in [-0.2, 0) is 19.6 Å². The number of aromatic nitrogens is 1. The molecule has 9 heteroatoms. The first-order valence-electron chi connectivity index (χ1n) is 11.1. The predicted molar refractivity (Wildman–Crippen MR) is 131 cm³/mol. The Morgan fingerprint density at radius 3 is 2.47 bits per heavy atom. The highest BCUT2D eigenvalue weighted by Gasteiger charge is 2.26. The summed E-state index contributed by atoms with van der Waals surface area (Å²) in [5.41, 5.74) is 2.47. The third-order valence-corrected chi connectivity index (χ3v) is 7.80. The van der Waals surface area contributed by atoms with Crippen molar-refractivity contribution in [1.82, 2.24) is 9.29 Å². The molecule has 0 aliphatic carbocycles. The van der Waals surface area contributed by atoms with Crippen molar-refractivity contribution < 1.29 is 22.7 Å². The van der Waals surface area contributed by atoms with Crippen LogP contribution in [-0.4, -0.2) is 56.0 Å². The standard InChI is InChI=1S/C25H25N3O5S/c1-17(33-19-8-11-22-21-4-2-3-5-23(21)27-24(22)16-19)25(29)26-18-6-9-20(10-7-18)34(30,31)28-12-14-32-15-13-28/h2-11,16-17,27H,12-15H2,1H3,(H,26,29)/t17-/m0/s1. The van der Waals surface area contributed by atoms with Gasteiger partial charge in [0.25, 0.3) is 5.91 Å². The third-order valence-electron chi connectivity index (χ3n) is 5.89. The Balaban J connectivity index is 1.24. The van der Waals surface area contributed by atoms with Crippen LogP contribution in [0.25, 0.3) is 21.8 Å². The van der Waals surface area contributed by atoms with E-state index in [1.165, 1.54) is 16.4 Å². The van der Waals surface area contributed by atoms with Crippen molar-refractivity contribution in [3.8, 4) is 5.75 Å². The second-order valence-electron chi connectivity index (χ2n) is 8.17. The lowest BCUT2D eigenvalue weighted by Gasteiger charge is -2.26. The van der Waals surface area contributed by atoms with Gasteiger partial charge in [-0.15, -0.1) is 0 Å². The zero-order chi connectivity index (χ0) is 23.7. The summed E-state index contributed by atoms with van der Waals surface area (Å²) >= 11 is 0. The zero-order valence-corrected chi connectivity index (χ0v) is 19.5. The smallest absolute Gasteiger partial charge is 0.265 e. The van der Waals surface area contributed by atoms with Crippen LogP contribution in [0.5, 0.6) is 5.75 Å². The number of amides is 1. The fourth-order valence-corrected chi connectivity index (χ4v) is 5.46. The van der Waals surface area contributed by atoms with Gasteiger partial charge in [0.05, 0.1) is 23.6 Å². The van der Waals surface area contributed by atoms with Gasteiger partial charge in [-0.3, -0.25) is 4.79 Å². The molecule has 1 atom stereocenters. The van der Waals surface area contributed by atoms with Crippen LogP contribution in [0.4, 0.5) is 5.69 Å². The van der Waals surface area contributed by atoms with Crippen LogP contribution in [0.1, 0.15) is 6.92 Å². The lowest BCUT2D eigenvalue weighted by molar-refractivity contribution is -0.122. The molecule has 1 aliphatic rings. The average Bonchev–Trinajstić information content (AvgIpc) is 3.22. The number of hydrogen-bond donors (Lipinski definition) is 2. The number of anilines is 1. The Hall–Kier alpha value is -3.40. The highest BCUT2D eigenvalue weighted by molar-refractivity contribution is 7.89. The number of rotatable bonds is 6. The van der Waals surface area contributed by atoms with E-state index in [2.05, 4.69) is 16.4 Å². The van der Waals surface area contributed by atoms with Gasteiger partial charge < -0.3 is 19.8 Å².